The maximum absolute atomic E-state index is 13.0. The highest BCUT2D eigenvalue weighted by molar-refractivity contribution is 5.94. The zero-order chi connectivity index (χ0) is 25.0. The van der Waals surface area contributed by atoms with Crippen LogP contribution in [0.15, 0.2) is 0 Å². The van der Waals surface area contributed by atoms with Crippen LogP contribution in [0.2, 0.25) is 0 Å². The highest BCUT2D eigenvalue weighted by atomic mass is 16.4. The van der Waals surface area contributed by atoms with E-state index in [2.05, 4.69) is 16.0 Å². The Morgan fingerprint density at radius 3 is 1.69 bits per heavy atom. The minimum Gasteiger partial charge on any atom is -0.480 e. The molecule has 5 atom stereocenters. The Kier molecular flexibility index (Phi) is 13.8. The molecule has 0 saturated heterocycles. The summed E-state index contributed by atoms with van der Waals surface area (Å²) in [7, 11) is 0. The quantitative estimate of drug-likeness (QED) is 0.192. The van der Waals surface area contributed by atoms with Crippen LogP contribution in [-0.2, 0) is 19.2 Å². The van der Waals surface area contributed by atoms with Crippen molar-refractivity contribution in [3.8, 4) is 0 Å². The van der Waals surface area contributed by atoms with Crippen LogP contribution >= 0.6 is 0 Å². The Morgan fingerprint density at radius 1 is 0.812 bits per heavy atom. The summed E-state index contributed by atoms with van der Waals surface area (Å²) in [5, 5.41) is 17.3. The van der Waals surface area contributed by atoms with Gasteiger partial charge in [-0.15, -0.1) is 0 Å². The Hall–Kier alpha value is -2.20. The van der Waals surface area contributed by atoms with Gasteiger partial charge in [0.05, 0.1) is 6.04 Å². The van der Waals surface area contributed by atoms with Gasteiger partial charge in [0.15, 0.2) is 0 Å². The van der Waals surface area contributed by atoms with Gasteiger partial charge in [-0.2, -0.15) is 0 Å². The molecule has 0 heterocycles. The number of carboxylic acids is 1. The summed E-state index contributed by atoms with van der Waals surface area (Å²) < 4.78 is 0. The fourth-order valence-corrected chi connectivity index (χ4v) is 3.09. The maximum Gasteiger partial charge on any atom is 0.326 e. The molecular formula is C22H43N5O5. The fourth-order valence-electron chi connectivity index (χ4n) is 3.09. The molecule has 3 amide bonds. The van der Waals surface area contributed by atoms with Gasteiger partial charge in [0.25, 0.3) is 0 Å². The van der Waals surface area contributed by atoms with Crippen molar-refractivity contribution in [2.75, 3.05) is 6.54 Å². The van der Waals surface area contributed by atoms with E-state index in [1.54, 1.807) is 27.7 Å². The van der Waals surface area contributed by atoms with Crippen LogP contribution in [0, 0.1) is 17.8 Å². The molecule has 5 unspecified atom stereocenters. The van der Waals surface area contributed by atoms with Gasteiger partial charge in [-0.05, 0) is 43.6 Å². The van der Waals surface area contributed by atoms with Crippen molar-refractivity contribution < 1.29 is 24.3 Å². The Morgan fingerprint density at radius 2 is 1.28 bits per heavy atom. The summed E-state index contributed by atoms with van der Waals surface area (Å²) in [5.74, 6) is -3.27. The van der Waals surface area contributed by atoms with Crippen molar-refractivity contribution in [1.82, 2.24) is 16.0 Å². The molecule has 10 heteroatoms. The zero-order valence-corrected chi connectivity index (χ0v) is 20.3. The van der Waals surface area contributed by atoms with Crippen LogP contribution in [0.5, 0.6) is 0 Å². The van der Waals surface area contributed by atoms with E-state index in [9.17, 15) is 24.3 Å². The van der Waals surface area contributed by atoms with Crippen molar-refractivity contribution in [3.63, 3.8) is 0 Å². The molecule has 0 aliphatic carbocycles. The second-order valence-corrected chi connectivity index (χ2v) is 9.06. The second kappa shape index (κ2) is 14.8. The van der Waals surface area contributed by atoms with Crippen molar-refractivity contribution in [2.24, 2.45) is 29.2 Å². The van der Waals surface area contributed by atoms with Crippen LogP contribution in [0.25, 0.3) is 0 Å². The average Bonchev–Trinajstić information content (AvgIpc) is 2.72. The maximum atomic E-state index is 13.0. The van der Waals surface area contributed by atoms with Gasteiger partial charge < -0.3 is 32.5 Å². The molecule has 0 aromatic carbocycles. The van der Waals surface area contributed by atoms with Crippen molar-refractivity contribution in [3.05, 3.63) is 0 Å². The summed E-state index contributed by atoms with van der Waals surface area (Å²) in [5.41, 5.74) is 11.4. The molecular weight excluding hydrogens is 414 g/mol. The molecule has 0 aromatic rings. The monoisotopic (exact) mass is 457 g/mol. The van der Waals surface area contributed by atoms with Gasteiger partial charge >= 0.3 is 5.97 Å². The molecule has 0 bridgehead atoms. The topological polar surface area (TPSA) is 177 Å². The van der Waals surface area contributed by atoms with E-state index in [0.717, 1.165) is 6.42 Å². The normalized spacial score (nSPS) is 16.1. The van der Waals surface area contributed by atoms with E-state index in [1.165, 1.54) is 0 Å². The smallest absolute Gasteiger partial charge is 0.326 e. The number of hydrogen-bond acceptors (Lipinski definition) is 6. The van der Waals surface area contributed by atoms with E-state index < -0.39 is 47.9 Å². The van der Waals surface area contributed by atoms with Gasteiger partial charge in [0.2, 0.25) is 17.7 Å². The number of nitrogens with one attached hydrogen (secondary N) is 3. The van der Waals surface area contributed by atoms with Gasteiger partial charge in [0.1, 0.15) is 18.1 Å². The molecule has 8 N–H and O–H groups in total. The van der Waals surface area contributed by atoms with Crippen LogP contribution < -0.4 is 27.4 Å². The van der Waals surface area contributed by atoms with E-state index in [-0.39, 0.29) is 24.2 Å². The third kappa shape index (κ3) is 9.95. The van der Waals surface area contributed by atoms with Crippen LogP contribution in [0.4, 0.5) is 0 Å². The highest BCUT2D eigenvalue weighted by Gasteiger charge is 2.33. The molecule has 0 aromatic heterocycles. The van der Waals surface area contributed by atoms with Crippen LogP contribution in [0.1, 0.15) is 67.2 Å². The molecule has 0 radical (unpaired) electrons. The summed E-state index contributed by atoms with van der Waals surface area (Å²) >= 11 is 0. The van der Waals surface area contributed by atoms with Gasteiger partial charge in [-0.1, -0.05) is 48.0 Å². The number of unbranched alkanes of at least 4 members (excludes halogenated alkanes) is 1. The number of carbonyl (C=O) groups excluding carboxylic acids is 3. The van der Waals surface area contributed by atoms with E-state index in [0.29, 0.717) is 19.4 Å². The molecule has 186 valence electrons. The first-order chi connectivity index (χ1) is 14.9. The number of nitrogens with two attached hydrogens (primary N) is 2. The average molecular weight is 458 g/mol. The predicted molar refractivity (Wildman–Crippen MR) is 123 cm³/mol. The predicted octanol–water partition coefficient (Wildman–Crippen LogP) is 0.340. The first kappa shape index (κ1) is 29.8. The summed E-state index contributed by atoms with van der Waals surface area (Å²) in [6.45, 7) is 11.3. The number of aliphatic carboxylic acids is 1. The Labute approximate surface area is 191 Å². The summed E-state index contributed by atoms with van der Waals surface area (Å²) in [4.78, 5) is 49.8. The number of carbonyl (C=O) groups is 4. The molecule has 0 saturated carbocycles. The number of carboxylic acid groups (broad SMARTS) is 1. The zero-order valence-electron chi connectivity index (χ0n) is 20.3. The van der Waals surface area contributed by atoms with Gasteiger partial charge in [-0.25, -0.2) is 4.79 Å². The minimum absolute atomic E-state index is 0.0488. The lowest BCUT2D eigenvalue weighted by molar-refractivity contribution is -0.143. The molecule has 0 aliphatic heterocycles. The van der Waals surface area contributed by atoms with Crippen molar-refractivity contribution in [2.45, 2.75) is 91.4 Å². The van der Waals surface area contributed by atoms with E-state index in [1.807, 2.05) is 13.8 Å². The summed E-state index contributed by atoms with van der Waals surface area (Å²) in [6, 6.07) is -3.66. The molecule has 0 spiro atoms. The third-order valence-corrected chi connectivity index (χ3v) is 5.62. The molecule has 10 nitrogen and oxygen atoms in total. The van der Waals surface area contributed by atoms with Crippen molar-refractivity contribution in [1.29, 1.82) is 0 Å². The number of hydrogen-bond donors (Lipinski definition) is 6. The first-order valence-electron chi connectivity index (χ1n) is 11.5. The molecule has 0 fully saturated rings. The SMILES string of the molecule is CCC(C)C(N)C(=O)NC(C(=O)NC(C(=O)NC(CCCCN)C(=O)O)C(C)C)C(C)C. The Bertz CT molecular complexity index is 626. The lowest BCUT2D eigenvalue weighted by atomic mass is 9.96. The van der Waals surface area contributed by atoms with Gasteiger partial charge in [0, 0.05) is 0 Å². The molecule has 0 rings (SSSR count). The van der Waals surface area contributed by atoms with Crippen LogP contribution in [0.3, 0.4) is 0 Å². The van der Waals surface area contributed by atoms with E-state index >= 15 is 0 Å². The third-order valence-electron chi connectivity index (χ3n) is 5.62. The molecule has 0 aliphatic rings. The minimum atomic E-state index is -1.14. The lowest BCUT2D eigenvalue weighted by Gasteiger charge is -2.29. The second-order valence-electron chi connectivity index (χ2n) is 9.06. The molecule has 32 heavy (non-hydrogen) atoms. The highest BCUT2D eigenvalue weighted by Crippen LogP contribution is 2.10. The number of rotatable bonds is 15. The van der Waals surface area contributed by atoms with E-state index in [4.69, 9.17) is 11.5 Å². The first-order valence-corrected chi connectivity index (χ1v) is 11.5. The van der Waals surface area contributed by atoms with Crippen molar-refractivity contribution >= 4 is 23.7 Å². The Balaban J connectivity index is 5.32. The van der Waals surface area contributed by atoms with Gasteiger partial charge in [-0.3, -0.25) is 14.4 Å². The standard InChI is InChI=1S/C22H43N5O5/c1-7-14(6)16(24)19(28)26-18(13(4)5)21(30)27-17(12(2)3)20(29)25-15(22(31)32)10-8-9-11-23/h12-18H,7-11,23-24H2,1-6H3,(H,25,29)(H,26,28)(H,27,30)(H,31,32). The van der Waals surface area contributed by atoms with Crippen LogP contribution in [-0.4, -0.2) is 59.5 Å². The fraction of sp³-hybridized carbons (Fsp3) is 0.818. The largest absolute Gasteiger partial charge is 0.480 e. The number of amides is 3. The lowest BCUT2D eigenvalue weighted by Crippen LogP contribution is -2.60. The summed E-state index contributed by atoms with van der Waals surface area (Å²) in [6.07, 6.45) is 2.18.